The molecule has 0 aromatic rings. The van der Waals surface area contributed by atoms with E-state index in [2.05, 4.69) is 15.5 Å². The van der Waals surface area contributed by atoms with Gasteiger partial charge in [0.15, 0.2) is 0 Å². The number of aliphatic carboxylic acids is 2. The number of carboxylic acid groups (broad SMARTS) is 2. The molecule has 1 saturated heterocycles. The Morgan fingerprint density at radius 2 is 1.42 bits per heavy atom. The number of amides is 1. The van der Waals surface area contributed by atoms with Crippen LogP contribution in [0, 0.1) is 0 Å². The van der Waals surface area contributed by atoms with E-state index < -0.39 is 17.8 Å². The Kier molecular flexibility index (Phi) is 8.50. The molecule has 24 heavy (non-hydrogen) atoms. The molecule has 0 saturated carbocycles. The molecule has 1 heterocycles. The Balaban J connectivity index is 2.70. The lowest BCUT2D eigenvalue weighted by atomic mass is 10.4. The van der Waals surface area contributed by atoms with Crippen molar-refractivity contribution < 1.29 is 24.6 Å². The van der Waals surface area contributed by atoms with Crippen molar-refractivity contribution in [2.75, 3.05) is 58.9 Å². The van der Waals surface area contributed by atoms with Crippen molar-refractivity contribution in [3.8, 4) is 0 Å². The highest BCUT2D eigenvalue weighted by atomic mass is 16.4. The topological polar surface area (TPSA) is 162 Å². The van der Waals surface area contributed by atoms with Gasteiger partial charge in [0, 0.05) is 44.2 Å². The largest absolute Gasteiger partial charge is 0.480 e. The van der Waals surface area contributed by atoms with Crippen molar-refractivity contribution in [3.05, 3.63) is 10.4 Å². The zero-order valence-corrected chi connectivity index (χ0v) is 13.2. The van der Waals surface area contributed by atoms with Gasteiger partial charge in [0.05, 0.1) is 13.1 Å². The molecule has 1 rings (SSSR count). The molecule has 12 nitrogen and oxygen atoms in total. The van der Waals surface area contributed by atoms with Gasteiger partial charge in [-0.15, -0.1) is 0 Å². The van der Waals surface area contributed by atoms with Crippen LogP contribution in [-0.4, -0.2) is 102 Å². The van der Waals surface area contributed by atoms with Gasteiger partial charge >= 0.3 is 11.9 Å². The van der Waals surface area contributed by atoms with Gasteiger partial charge in [-0.05, 0) is 5.53 Å². The van der Waals surface area contributed by atoms with E-state index in [1.54, 1.807) is 14.8 Å². The molecule has 12 heteroatoms. The molecule has 0 aliphatic carbocycles. The second-order valence-electron chi connectivity index (χ2n) is 5.25. The van der Waals surface area contributed by atoms with Gasteiger partial charge in [-0.1, -0.05) is 5.11 Å². The third kappa shape index (κ3) is 8.29. The molecule has 1 aliphatic rings. The molecule has 3 N–H and O–H groups in total. The van der Waals surface area contributed by atoms with Gasteiger partial charge in [0.2, 0.25) is 5.91 Å². The number of rotatable bonds is 7. The van der Waals surface area contributed by atoms with E-state index in [4.69, 9.17) is 15.7 Å². The number of carbonyl (C=O) groups excluding carboxylic acids is 1. The summed E-state index contributed by atoms with van der Waals surface area (Å²) in [6, 6.07) is 0. The fourth-order valence-corrected chi connectivity index (χ4v) is 2.26. The number of hydrazine groups is 1. The van der Waals surface area contributed by atoms with E-state index >= 15 is 0 Å². The molecule has 0 atom stereocenters. The molecule has 0 bridgehead atoms. The standard InChI is InChI=1S/C12H21N7O5/c13-16-14-7-10(20)15-19-5-3-17(8-11(21)22)1-2-18(4-6-19)9-12(23)24/h1-9H2,(H,15,20)(H,21,22)(H,23,24). The summed E-state index contributed by atoms with van der Waals surface area (Å²) in [6.07, 6.45) is 0. The minimum absolute atomic E-state index is 0.165. The molecule has 0 aromatic carbocycles. The van der Waals surface area contributed by atoms with Gasteiger partial charge in [0.1, 0.15) is 6.54 Å². The molecular weight excluding hydrogens is 322 g/mol. The van der Waals surface area contributed by atoms with Crippen LogP contribution in [0.1, 0.15) is 0 Å². The summed E-state index contributed by atoms with van der Waals surface area (Å²) in [5.74, 6) is -2.43. The first kappa shape index (κ1) is 19.6. The Morgan fingerprint density at radius 1 is 0.958 bits per heavy atom. The smallest absolute Gasteiger partial charge is 0.317 e. The summed E-state index contributed by atoms with van der Waals surface area (Å²) < 4.78 is 0. The Morgan fingerprint density at radius 3 is 1.83 bits per heavy atom. The minimum Gasteiger partial charge on any atom is -0.480 e. The molecular formula is C12H21N7O5. The number of hydrogen-bond donors (Lipinski definition) is 3. The van der Waals surface area contributed by atoms with Crippen molar-refractivity contribution >= 4 is 17.8 Å². The van der Waals surface area contributed by atoms with Crippen molar-refractivity contribution in [2.24, 2.45) is 5.11 Å². The molecule has 0 spiro atoms. The molecule has 0 unspecified atom stereocenters. The van der Waals surface area contributed by atoms with Crippen LogP contribution in [-0.2, 0) is 14.4 Å². The lowest BCUT2D eigenvalue weighted by Gasteiger charge is -2.25. The summed E-state index contributed by atoms with van der Waals surface area (Å²) in [6.45, 7) is 1.70. The highest BCUT2D eigenvalue weighted by Gasteiger charge is 2.20. The van der Waals surface area contributed by atoms with Crippen molar-refractivity contribution in [1.82, 2.24) is 20.2 Å². The summed E-state index contributed by atoms with van der Waals surface area (Å²) >= 11 is 0. The molecule has 134 valence electrons. The monoisotopic (exact) mass is 343 g/mol. The summed E-state index contributed by atoms with van der Waals surface area (Å²) in [5, 5.41) is 22.6. The molecule has 0 aromatic heterocycles. The van der Waals surface area contributed by atoms with E-state index in [0.29, 0.717) is 39.3 Å². The maximum Gasteiger partial charge on any atom is 0.317 e. The average molecular weight is 343 g/mol. The first-order valence-corrected chi connectivity index (χ1v) is 7.34. The van der Waals surface area contributed by atoms with Crippen molar-refractivity contribution in [1.29, 1.82) is 0 Å². The van der Waals surface area contributed by atoms with E-state index in [9.17, 15) is 14.4 Å². The van der Waals surface area contributed by atoms with Crippen molar-refractivity contribution in [3.63, 3.8) is 0 Å². The summed E-state index contributed by atoms with van der Waals surface area (Å²) in [5.41, 5.74) is 10.8. The molecule has 1 fully saturated rings. The van der Waals surface area contributed by atoms with Crippen molar-refractivity contribution in [2.45, 2.75) is 0 Å². The second-order valence-corrected chi connectivity index (χ2v) is 5.25. The van der Waals surface area contributed by atoms with Gasteiger partial charge in [-0.2, -0.15) is 0 Å². The fraction of sp³-hybridized carbons (Fsp3) is 0.750. The minimum atomic E-state index is -0.974. The quantitative estimate of drug-likeness (QED) is 0.283. The van der Waals surface area contributed by atoms with Gasteiger partial charge in [-0.3, -0.25) is 29.6 Å². The van der Waals surface area contributed by atoms with Gasteiger partial charge in [0.25, 0.3) is 0 Å². The SMILES string of the molecule is [N-]=[N+]=NCC(=O)NN1CCN(CC(=O)O)CCN(CC(=O)O)CC1. The fourth-order valence-electron chi connectivity index (χ4n) is 2.26. The predicted octanol–water partition coefficient (Wildman–Crippen LogP) is -1.58. The zero-order valence-electron chi connectivity index (χ0n) is 13.2. The van der Waals surface area contributed by atoms with E-state index in [-0.39, 0.29) is 19.6 Å². The van der Waals surface area contributed by atoms with E-state index in [0.717, 1.165) is 0 Å². The van der Waals surface area contributed by atoms with E-state index in [1.165, 1.54) is 0 Å². The first-order valence-electron chi connectivity index (χ1n) is 7.34. The second kappa shape index (κ2) is 10.4. The Labute approximate surface area is 138 Å². The maximum absolute atomic E-state index is 11.6. The lowest BCUT2D eigenvalue weighted by molar-refractivity contribution is -0.140. The van der Waals surface area contributed by atoms with Gasteiger partial charge in [-0.25, -0.2) is 5.01 Å². The maximum atomic E-state index is 11.6. The number of hydrogen-bond acceptors (Lipinski definition) is 7. The Hall–Kier alpha value is -2.40. The molecule has 0 radical (unpaired) electrons. The third-order valence-corrected chi connectivity index (χ3v) is 3.38. The summed E-state index contributed by atoms with van der Waals surface area (Å²) in [7, 11) is 0. The number of nitrogens with zero attached hydrogens (tertiary/aromatic N) is 6. The average Bonchev–Trinajstić information content (AvgIpc) is 2.58. The zero-order chi connectivity index (χ0) is 17.9. The number of nitrogens with one attached hydrogen (secondary N) is 1. The summed E-state index contributed by atoms with van der Waals surface area (Å²) in [4.78, 5) is 39.3. The van der Waals surface area contributed by atoms with Gasteiger partial charge < -0.3 is 10.2 Å². The van der Waals surface area contributed by atoms with Crippen LogP contribution in [0.3, 0.4) is 0 Å². The highest BCUT2D eigenvalue weighted by molar-refractivity contribution is 5.77. The molecule has 1 amide bonds. The van der Waals surface area contributed by atoms with Crippen LogP contribution in [0.5, 0.6) is 0 Å². The van der Waals surface area contributed by atoms with Crippen LogP contribution in [0.15, 0.2) is 5.11 Å². The van der Waals surface area contributed by atoms with Crippen LogP contribution in [0.25, 0.3) is 10.4 Å². The van der Waals surface area contributed by atoms with Crippen LogP contribution in [0.2, 0.25) is 0 Å². The van der Waals surface area contributed by atoms with Crippen LogP contribution < -0.4 is 5.43 Å². The molecule has 1 aliphatic heterocycles. The third-order valence-electron chi connectivity index (χ3n) is 3.38. The Bertz CT molecular complexity index is 480. The number of carboxylic acids is 2. The van der Waals surface area contributed by atoms with E-state index in [1.807, 2.05) is 0 Å². The highest BCUT2D eigenvalue weighted by Crippen LogP contribution is 1.99. The predicted molar refractivity (Wildman–Crippen MR) is 81.9 cm³/mol. The van der Waals surface area contributed by atoms with Crippen LogP contribution >= 0.6 is 0 Å². The first-order chi connectivity index (χ1) is 11.4. The normalized spacial score (nSPS) is 17.8. The number of carbonyl (C=O) groups is 3. The number of azide groups is 1. The lowest BCUT2D eigenvalue weighted by Crippen LogP contribution is -2.48. The van der Waals surface area contributed by atoms with Crippen LogP contribution in [0.4, 0.5) is 0 Å².